The summed E-state index contributed by atoms with van der Waals surface area (Å²) in [6.07, 6.45) is 7.62. The summed E-state index contributed by atoms with van der Waals surface area (Å²) in [5.41, 5.74) is 8.46. The SMILES string of the molecule is NCC1(C(=O)N2CCCc3ccccc3C2)CCCCC1. The molecule has 2 N–H and O–H groups in total. The number of hydrogen-bond donors (Lipinski definition) is 1. The lowest BCUT2D eigenvalue weighted by Crippen LogP contribution is -2.49. The van der Waals surface area contributed by atoms with Crippen LogP contribution in [0, 0.1) is 5.41 Å². The van der Waals surface area contributed by atoms with Gasteiger partial charge in [0, 0.05) is 19.6 Å². The quantitative estimate of drug-likeness (QED) is 0.908. The number of hydrogen-bond acceptors (Lipinski definition) is 2. The lowest BCUT2D eigenvalue weighted by molar-refractivity contribution is -0.144. The van der Waals surface area contributed by atoms with Crippen molar-refractivity contribution in [2.75, 3.05) is 13.1 Å². The van der Waals surface area contributed by atoms with Gasteiger partial charge in [-0.1, -0.05) is 43.5 Å². The predicted molar refractivity (Wildman–Crippen MR) is 84.8 cm³/mol. The third-order valence-electron chi connectivity index (χ3n) is 5.30. The van der Waals surface area contributed by atoms with Gasteiger partial charge < -0.3 is 10.6 Å². The maximum absolute atomic E-state index is 13.1. The van der Waals surface area contributed by atoms with Crippen molar-refractivity contribution in [2.24, 2.45) is 11.1 Å². The largest absolute Gasteiger partial charge is 0.338 e. The van der Waals surface area contributed by atoms with Crippen molar-refractivity contribution in [2.45, 2.75) is 51.5 Å². The molecule has 3 heteroatoms. The molecule has 21 heavy (non-hydrogen) atoms. The lowest BCUT2D eigenvalue weighted by Gasteiger charge is -2.39. The Kier molecular flexibility index (Phi) is 4.29. The van der Waals surface area contributed by atoms with Gasteiger partial charge in [-0.2, -0.15) is 0 Å². The summed E-state index contributed by atoms with van der Waals surface area (Å²) in [4.78, 5) is 15.2. The minimum absolute atomic E-state index is 0.280. The topological polar surface area (TPSA) is 46.3 Å². The van der Waals surface area contributed by atoms with Crippen LogP contribution in [0.2, 0.25) is 0 Å². The van der Waals surface area contributed by atoms with Gasteiger partial charge >= 0.3 is 0 Å². The summed E-state index contributed by atoms with van der Waals surface area (Å²) >= 11 is 0. The summed E-state index contributed by atoms with van der Waals surface area (Å²) in [7, 11) is 0. The number of aryl methyl sites for hydroxylation is 1. The first-order chi connectivity index (χ1) is 10.2. The smallest absolute Gasteiger partial charge is 0.230 e. The average Bonchev–Trinajstić information content (AvgIpc) is 2.77. The second-order valence-electron chi connectivity index (χ2n) is 6.64. The summed E-state index contributed by atoms with van der Waals surface area (Å²) in [6, 6.07) is 8.53. The molecule has 0 atom stereocenters. The monoisotopic (exact) mass is 286 g/mol. The molecule has 0 unspecified atom stereocenters. The second-order valence-corrected chi connectivity index (χ2v) is 6.64. The number of rotatable bonds is 2. The van der Waals surface area contributed by atoms with E-state index in [1.807, 2.05) is 0 Å². The number of benzene rings is 1. The van der Waals surface area contributed by atoms with Crippen LogP contribution >= 0.6 is 0 Å². The third-order valence-corrected chi connectivity index (χ3v) is 5.30. The van der Waals surface area contributed by atoms with E-state index < -0.39 is 0 Å². The van der Waals surface area contributed by atoms with Crippen molar-refractivity contribution in [1.29, 1.82) is 0 Å². The Morgan fingerprint density at radius 3 is 2.52 bits per heavy atom. The minimum Gasteiger partial charge on any atom is -0.338 e. The van der Waals surface area contributed by atoms with E-state index in [0.29, 0.717) is 12.5 Å². The van der Waals surface area contributed by atoms with Gasteiger partial charge in [-0.3, -0.25) is 4.79 Å². The predicted octanol–water partition coefficient (Wildman–Crippen LogP) is 2.87. The van der Waals surface area contributed by atoms with Crippen LogP contribution in [0.25, 0.3) is 0 Å². The first kappa shape index (κ1) is 14.6. The lowest BCUT2D eigenvalue weighted by atomic mass is 9.73. The van der Waals surface area contributed by atoms with Crippen LogP contribution in [0.5, 0.6) is 0 Å². The zero-order valence-corrected chi connectivity index (χ0v) is 12.8. The Bertz CT molecular complexity index is 506. The molecule has 0 spiro atoms. The Hall–Kier alpha value is -1.35. The van der Waals surface area contributed by atoms with Gasteiger partial charge in [0.2, 0.25) is 5.91 Å². The van der Waals surface area contributed by atoms with Gasteiger partial charge in [0.25, 0.3) is 0 Å². The molecule has 114 valence electrons. The van der Waals surface area contributed by atoms with E-state index >= 15 is 0 Å². The first-order valence-electron chi connectivity index (χ1n) is 8.31. The normalized spacial score (nSPS) is 21.5. The molecule has 3 nitrogen and oxygen atoms in total. The molecule has 1 aliphatic heterocycles. The van der Waals surface area contributed by atoms with Crippen LogP contribution in [-0.4, -0.2) is 23.9 Å². The summed E-state index contributed by atoms with van der Waals surface area (Å²) < 4.78 is 0. The highest BCUT2D eigenvalue weighted by atomic mass is 16.2. The minimum atomic E-state index is -0.280. The summed E-state index contributed by atoms with van der Waals surface area (Å²) in [5, 5.41) is 0. The highest BCUT2D eigenvalue weighted by Gasteiger charge is 2.41. The number of nitrogens with zero attached hydrogens (tertiary/aromatic N) is 1. The highest BCUT2D eigenvalue weighted by Crippen LogP contribution is 2.38. The van der Waals surface area contributed by atoms with E-state index in [9.17, 15) is 4.79 Å². The molecular weight excluding hydrogens is 260 g/mol. The number of amides is 1. The number of nitrogens with two attached hydrogens (primary N) is 1. The molecule has 0 aromatic heterocycles. The van der Waals surface area contributed by atoms with Crippen molar-refractivity contribution in [1.82, 2.24) is 4.90 Å². The maximum Gasteiger partial charge on any atom is 0.230 e. The molecule has 1 aromatic rings. The van der Waals surface area contributed by atoms with Crippen molar-refractivity contribution >= 4 is 5.91 Å². The van der Waals surface area contributed by atoms with E-state index in [2.05, 4.69) is 29.2 Å². The van der Waals surface area contributed by atoms with E-state index in [1.54, 1.807) is 0 Å². The van der Waals surface area contributed by atoms with Gasteiger partial charge in [0.15, 0.2) is 0 Å². The average molecular weight is 286 g/mol. The Morgan fingerprint density at radius 1 is 1.10 bits per heavy atom. The molecule has 1 amide bonds. The summed E-state index contributed by atoms with van der Waals surface area (Å²) in [6.45, 7) is 2.13. The van der Waals surface area contributed by atoms with Crippen molar-refractivity contribution in [3.63, 3.8) is 0 Å². The number of fused-ring (bicyclic) bond motifs is 1. The Labute approximate surface area is 127 Å². The Morgan fingerprint density at radius 2 is 1.81 bits per heavy atom. The zero-order chi connectivity index (χ0) is 14.7. The zero-order valence-electron chi connectivity index (χ0n) is 12.8. The van der Waals surface area contributed by atoms with Crippen LogP contribution in [0.1, 0.15) is 49.7 Å². The van der Waals surface area contributed by atoms with Crippen molar-refractivity contribution in [3.05, 3.63) is 35.4 Å². The van der Waals surface area contributed by atoms with Gasteiger partial charge in [-0.25, -0.2) is 0 Å². The fraction of sp³-hybridized carbons (Fsp3) is 0.611. The molecule has 2 aliphatic rings. The van der Waals surface area contributed by atoms with Crippen molar-refractivity contribution < 1.29 is 4.79 Å². The van der Waals surface area contributed by atoms with Crippen LogP contribution in [0.4, 0.5) is 0 Å². The molecule has 1 aliphatic carbocycles. The van der Waals surface area contributed by atoms with E-state index in [4.69, 9.17) is 5.73 Å². The molecule has 1 saturated carbocycles. The van der Waals surface area contributed by atoms with Crippen LogP contribution < -0.4 is 5.73 Å². The molecule has 1 heterocycles. The first-order valence-corrected chi connectivity index (χ1v) is 8.31. The van der Waals surface area contributed by atoms with Gasteiger partial charge in [0.05, 0.1) is 5.41 Å². The molecule has 0 saturated heterocycles. The van der Waals surface area contributed by atoms with Gasteiger partial charge in [-0.05, 0) is 36.8 Å². The third kappa shape index (κ3) is 2.84. The maximum atomic E-state index is 13.1. The molecule has 1 aromatic carbocycles. The highest BCUT2D eigenvalue weighted by molar-refractivity contribution is 5.83. The Balaban J connectivity index is 1.81. The fourth-order valence-corrected chi connectivity index (χ4v) is 3.94. The van der Waals surface area contributed by atoms with E-state index in [1.165, 1.54) is 17.5 Å². The van der Waals surface area contributed by atoms with Crippen LogP contribution in [-0.2, 0) is 17.8 Å². The van der Waals surface area contributed by atoms with Crippen molar-refractivity contribution in [3.8, 4) is 0 Å². The fourth-order valence-electron chi connectivity index (χ4n) is 3.94. The van der Waals surface area contributed by atoms with Gasteiger partial charge in [0.1, 0.15) is 0 Å². The summed E-state index contributed by atoms with van der Waals surface area (Å²) in [5.74, 6) is 0.307. The molecule has 0 radical (unpaired) electrons. The van der Waals surface area contributed by atoms with Crippen LogP contribution in [0.3, 0.4) is 0 Å². The molecule has 1 fully saturated rings. The standard InChI is InChI=1S/C18H26N2O/c19-14-18(10-4-1-5-11-18)17(21)20-12-6-9-15-7-2-3-8-16(15)13-20/h2-3,7-8H,1,4-6,9-14,19H2. The van der Waals surface area contributed by atoms with Gasteiger partial charge in [-0.15, -0.1) is 0 Å². The van der Waals surface area contributed by atoms with E-state index in [-0.39, 0.29) is 5.41 Å². The second kappa shape index (κ2) is 6.18. The number of carbonyl (C=O) groups excluding carboxylic acids is 1. The molecule has 0 bridgehead atoms. The molecule has 3 rings (SSSR count). The van der Waals surface area contributed by atoms with E-state index in [0.717, 1.165) is 51.6 Å². The van der Waals surface area contributed by atoms with Crippen LogP contribution in [0.15, 0.2) is 24.3 Å². The number of carbonyl (C=O) groups is 1. The molecular formula is C18H26N2O.